The van der Waals surface area contributed by atoms with Crippen LogP contribution < -0.4 is 10.2 Å². The molecule has 1 aromatic heterocycles. The summed E-state index contributed by atoms with van der Waals surface area (Å²) in [6, 6.07) is 5.92. The Morgan fingerprint density at radius 2 is 2.00 bits per heavy atom. The smallest absolute Gasteiger partial charge is 0.183 e. The number of hydrogen-bond donors (Lipinski definition) is 1. The predicted molar refractivity (Wildman–Crippen MR) is 89.5 cm³/mol. The maximum atomic E-state index is 6.36. The Kier molecular flexibility index (Phi) is 5.52. The Morgan fingerprint density at radius 1 is 1.25 bits per heavy atom. The highest BCUT2D eigenvalue weighted by molar-refractivity contribution is 7.15. The molecule has 0 bridgehead atoms. The summed E-state index contributed by atoms with van der Waals surface area (Å²) in [6.45, 7) is 6.78. The Hall–Kier alpha value is -0.970. The van der Waals surface area contributed by atoms with Gasteiger partial charge >= 0.3 is 0 Å². The first kappa shape index (κ1) is 15.4. The highest BCUT2D eigenvalue weighted by atomic mass is 35.5. The summed E-state index contributed by atoms with van der Waals surface area (Å²) in [5.41, 5.74) is 2.08. The zero-order valence-corrected chi connectivity index (χ0v) is 13.8. The van der Waals surface area contributed by atoms with E-state index in [0.717, 1.165) is 34.4 Å². The van der Waals surface area contributed by atoms with E-state index in [4.69, 9.17) is 23.2 Å². The van der Waals surface area contributed by atoms with Crippen molar-refractivity contribution in [2.24, 2.45) is 0 Å². The van der Waals surface area contributed by atoms with Crippen LogP contribution in [0.15, 0.2) is 24.4 Å². The molecule has 0 fully saturated rings. The third kappa shape index (κ3) is 3.57. The first-order valence-corrected chi connectivity index (χ1v) is 8.10. The monoisotopic (exact) mass is 329 g/mol. The molecule has 0 unspecified atom stereocenters. The summed E-state index contributed by atoms with van der Waals surface area (Å²) in [5, 5.41) is 4.18. The van der Waals surface area contributed by atoms with Crippen molar-refractivity contribution >= 4 is 45.9 Å². The number of thiazole rings is 1. The normalized spacial score (nSPS) is 10.6. The minimum absolute atomic E-state index is 0.567. The van der Waals surface area contributed by atoms with Gasteiger partial charge in [0.1, 0.15) is 0 Å². The molecule has 1 heterocycles. The van der Waals surface area contributed by atoms with Crippen LogP contribution in [0, 0.1) is 0 Å². The number of benzene rings is 1. The Labute approximate surface area is 133 Å². The van der Waals surface area contributed by atoms with E-state index in [9.17, 15) is 0 Å². The Bertz CT molecular complexity index is 567. The zero-order valence-electron chi connectivity index (χ0n) is 11.5. The van der Waals surface area contributed by atoms with Crippen LogP contribution in [-0.2, 0) is 6.54 Å². The summed E-state index contributed by atoms with van der Waals surface area (Å²) in [7, 11) is 0. The Morgan fingerprint density at radius 3 is 2.60 bits per heavy atom. The van der Waals surface area contributed by atoms with Crippen molar-refractivity contribution in [3.8, 4) is 0 Å². The lowest BCUT2D eigenvalue weighted by Crippen LogP contribution is -2.23. The number of anilines is 2. The van der Waals surface area contributed by atoms with E-state index in [1.807, 2.05) is 18.2 Å². The van der Waals surface area contributed by atoms with E-state index in [-0.39, 0.29) is 0 Å². The largest absolute Gasteiger partial charge is 0.378 e. The molecule has 1 aromatic carbocycles. The van der Waals surface area contributed by atoms with Gasteiger partial charge in [0.2, 0.25) is 0 Å². The molecule has 0 saturated carbocycles. The molecule has 0 atom stereocenters. The second kappa shape index (κ2) is 7.16. The van der Waals surface area contributed by atoms with E-state index in [1.54, 1.807) is 6.20 Å². The van der Waals surface area contributed by atoms with Gasteiger partial charge in [0, 0.05) is 24.2 Å². The lowest BCUT2D eigenvalue weighted by atomic mass is 10.2. The van der Waals surface area contributed by atoms with Gasteiger partial charge in [-0.2, -0.15) is 0 Å². The van der Waals surface area contributed by atoms with Crippen LogP contribution in [0.1, 0.15) is 18.7 Å². The third-order valence-corrected chi connectivity index (χ3v) is 4.46. The van der Waals surface area contributed by atoms with E-state index < -0.39 is 0 Å². The molecule has 1 N–H and O–H groups in total. The van der Waals surface area contributed by atoms with Crippen LogP contribution in [0.5, 0.6) is 0 Å². The van der Waals surface area contributed by atoms with Gasteiger partial charge in [0.05, 0.1) is 22.9 Å². The molecule has 0 aliphatic rings. The first-order chi connectivity index (χ1) is 9.65. The molecule has 20 heavy (non-hydrogen) atoms. The summed E-state index contributed by atoms with van der Waals surface area (Å²) < 4.78 is 0.567. The van der Waals surface area contributed by atoms with Gasteiger partial charge < -0.3 is 10.2 Å². The van der Waals surface area contributed by atoms with Gasteiger partial charge in [-0.05, 0) is 26.0 Å². The maximum absolute atomic E-state index is 6.36. The van der Waals surface area contributed by atoms with Crippen LogP contribution in [0.4, 0.5) is 11.4 Å². The number of aromatic nitrogens is 1. The van der Waals surface area contributed by atoms with Gasteiger partial charge in [0.15, 0.2) is 4.47 Å². The number of rotatable bonds is 6. The Balaban J connectivity index is 2.20. The number of halogens is 2. The van der Waals surface area contributed by atoms with Crippen molar-refractivity contribution in [3.05, 3.63) is 38.8 Å². The van der Waals surface area contributed by atoms with Gasteiger partial charge in [-0.15, -0.1) is 11.3 Å². The zero-order chi connectivity index (χ0) is 14.5. The third-order valence-electron chi connectivity index (χ3n) is 3.04. The predicted octanol–water partition coefficient (Wildman–Crippen LogP) is 4.91. The number of hydrogen-bond acceptors (Lipinski definition) is 4. The fourth-order valence-corrected chi connectivity index (χ4v) is 3.28. The van der Waals surface area contributed by atoms with Crippen molar-refractivity contribution in [1.82, 2.24) is 4.98 Å². The number of nitrogens with zero attached hydrogens (tertiary/aromatic N) is 2. The summed E-state index contributed by atoms with van der Waals surface area (Å²) in [4.78, 5) is 7.38. The second-order valence-corrected chi connectivity index (χ2v) is 6.35. The molecule has 0 aliphatic carbocycles. The summed E-state index contributed by atoms with van der Waals surface area (Å²) in [6.07, 6.45) is 1.79. The quantitative estimate of drug-likeness (QED) is 0.816. The average molecular weight is 330 g/mol. The first-order valence-electron chi connectivity index (χ1n) is 6.53. The molecule has 0 spiro atoms. The van der Waals surface area contributed by atoms with Crippen LogP contribution in [0.25, 0.3) is 0 Å². The minimum Gasteiger partial charge on any atom is -0.378 e. The van der Waals surface area contributed by atoms with Gasteiger partial charge in [-0.1, -0.05) is 29.3 Å². The molecule has 0 radical (unpaired) electrons. The lowest BCUT2D eigenvalue weighted by molar-refractivity contribution is 0.866. The van der Waals surface area contributed by atoms with Crippen LogP contribution in [0.2, 0.25) is 9.49 Å². The summed E-state index contributed by atoms with van der Waals surface area (Å²) >= 11 is 13.7. The molecule has 6 heteroatoms. The van der Waals surface area contributed by atoms with Crippen molar-refractivity contribution in [3.63, 3.8) is 0 Å². The topological polar surface area (TPSA) is 28.2 Å². The fraction of sp³-hybridized carbons (Fsp3) is 0.357. The summed E-state index contributed by atoms with van der Waals surface area (Å²) in [5.74, 6) is 0. The molecule has 0 saturated heterocycles. The number of nitrogens with one attached hydrogen (secondary N) is 1. The fourth-order valence-electron chi connectivity index (χ4n) is 2.07. The minimum atomic E-state index is 0.567. The molecule has 2 aromatic rings. The molecule has 2 rings (SSSR count). The second-order valence-electron chi connectivity index (χ2n) is 4.24. The van der Waals surface area contributed by atoms with Gasteiger partial charge in [0.25, 0.3) is 0 Å². The lowest BCUT2D eigenvalue weighted by Gasteiger charge is -2.25. The average Bonchev–Trinajstić information content (AvgIpc) is 2.86. The van der Waals surface area contributed by atoms with Crippen molar-refractivity contribution in [2.75, 3.05) is 23.3 Å². The van der Waals surface area contributed by atoms with Crippen molar-refractivity contribution in [1.29, 1.82) is 0 Å². The molecule has 0 amide bonds. The van der Waals surface area contributed by atoms with E-state index in [2.05, 4.69) is 29.0 Å². The van der Waals surface area contributed by atoms with Crippen LogP contribution >= 0.6 is 34.5 Å². The van der Waals surface area contributed by atoms with Crippen LogP contribution in [0.3, 0.4) is 0 Å². The van der Waals surface area contributed by atoms with Crippen LogP contribution in [-0.4, -0.2) is 18.1 Å². The standard InChI is InChI=1S/C14H17Cl2N3S/c1-3-19(4-2)13-11(15)6-5-7-12(13)17-8-10-9-18-14(16)20-10/h5-7,9,17H,3-4,8H2,1-2H3. The molecule has 3 nitrogen and oxygen atoms in total. The van der Waals surface area contributed by atoms with Gasteiger partial charge in [-0.25, -0.2) is 4.98 Å². The van der Waals surface area contributed by atoms with E-state index >= 15 is 0 Å². The van der Waals surface area contributed by atoms with E-state index in [1.165, 1.54) is 11.3 Å². The highest BCUT2D eigenvalue weighted by Crippen LogP contribution is 2.34. The van der Waals surface area contributed by atoms with Gasteiger partial charge in [-0.3, -0.25) is 0 Å². The molecular weight excluding hydrogens is 313 g/mol. The molecular formula is C14H17Cl2N3S. The van der Waals surface area contributed by atoms with Crippen molar-refractivity contribution < 1.29 is 0 Å². The highest BCUT2D eigenvalue weighted by Gasteiger charge is 2.12. The molecule has 108 valence electrons. The van der Waals surface area contributed by atoms with E-state index in [0.29, 0.717) is 11.0 Å². The van der Waals surface area contributed by atoms with Crippen molar-refractivity contribution in [2.45, 2.75) is 20.4 Å². The molecule has 0 aliphatic heterocycles. The maximum Gasteiger partial charge on any atom is 0.183 e. The number of para-hydroxylation sites is 1. The SMILES string of the molecule is CCN(CC)c1c(Cl)cccc1NCc1cnc(Cl)s1.